The van der Waals surface area contributed by atoms with Crippen molar-refractivity contribution in [1.82, 2.24) is 4.90 Å². The number of rotatable bonds is 6. The zero-order valence-electron chi connectivity index (χ0n) is 12.3. The Morgan fingerprint density at radius 1 is 1.26 bits per heavy atom. The molecule has 1 aromatic rings. The third kappa shape index (κ3) is 4.24. The van der Waals surface area contributed by atoms with E-state index in [4.69, 9.17) is 5.73 Å². The van der Waals surface area contributed by atoms with Gasteiger partial charge in [0, 0.05) is 17.4 Å². The molecule has 1 amide bonds. The maximum absolute atomic E-state index is 12.2. The number of nitrogens with zero attached hydrogens (tertiary/aromatic N) is 1. The summed E-state index contributed by atoms with van der Waals surface area (Å²) >= 11 is 0. The minimum absolute atomic E-state index is 0.0203. The predicted octanol–water partition coefficient (Wildman–Crippen LogP) is 2.72. The van der Waals surface area contributed by atoms with Crippen LogP contribution < -0.4 is 11.1 Å². The average Bonchev–Trinajstić information content (AvgIpc) is 2.41. The van der Waals surface area contributed by atoms with Crippen LogP contribution in [-0.2, 0) is 4.79 Å². The molecule has 106 valence electrons. The highest BCUT2D eigenvalue weighted by molar-refractivity contribution is 5.94. The molecular weight excluding hydrogens is 238 g/mol. The highest BCUT2D eigenvalue weighted by Gasteiger charge is 2.23. The van der Waals surface area contributed by atoms with Gasteiger partial charge in [-0.05, 0) is 51.1 Å². The molecule has 0 aliphatic heterocycles. The maximum Gasteiger partial charge on any atom is 0.241 e. The normalized spacial score (nSPS) is 14.2. The Balaban J connectivity index is 2.68. The van der Waals surface area contributed by atoms with Crippen LogP contribution in [0.2, 0.25) is 0 Å². The first-order chi connectivity index (χ1) is 8.99. The molecule has 0 fully saturated rings. The van der Waals surface area contributed by atoms with Crippen molar-refractivity contribution in [3.8, 4) is 0 Å². The van der Waals surface area contributed by atoms with Crippen LogP contribution in [0.25, 0.3) is 0 Å². The van der Waals surface area contributed by atoms with Gasteiger partial charge in [-0.15, -0.1) is 0 Å². The van der Waals surface area contributed by atoms with Gasteiger partial charge in [-0.1, -0.05) is 13.8 Å². The van der Waals surface area contributed by atoms with Crippen LogP contribution in [0.1, 0.15) is 34.1 Å². The van der Waals surface area contributed by atoms with Gasteiger partial charge < -0.3 is 11.1 Å². The van der Waals surface area contributed by atoms with Gasteiger partial charge in [-0.2, -0.15) is 0 Å². The lowest BCUT2D eigenvalue weighted by atomic mass is 10.1. The molecule has 0 aliphatic rings. The van der Waals surface area contributed by atoms with E-state index in [1.54, 1.807) is 12.1 Å². The molecule has 0 spiro atoms. The third-order valence-electron chi connectivity index (χ3n) is 3.58. The van der Waals surface area contributed by atoms with Crippen molar-refractivity contribution in [2.45, 2.75) is 46.2 Å². The van der Waals surface area contributed by atoms with E-state index in [-0.39, 0.29) is 11.9 Å². The van der Waals surface area contributed by atoms with Gasteiger partial charge in [-0.25, -0.2) is 0 Å². The van der Waals surface area contributed by atoms with Crippen molar-refractivity contribution in [2.24, 2.45) is 0 Å². The van der Waals surface area contributed by atoms with E-state index >= 15 is 0 Å². The highest BCUT2D eigenvalue weighted by atomic mass is 16.2. The van der Waals surface area contributed by atoms with Gasteiger partial charge in [0.2, 0.25) is 5.91 Å². The SMILES string of the molecule is CCC(C)N(CC)C(C)C(=O)Nc1ccc(N)cc1. The van der Waals surface area contributed by atoms with Crippen molar-refractivity contribution in [3.63, 3.8) is 0 Å². The third-order valence-corrected chi connectivity index (χ3v) is 3.58. The van der Waals surface area contributed by atoms with E-state index < -0.39 is 0 Å². The van der Waals surface area contributed by atoms with Crippen LogP contribution in [0, 0.1) is 0 Å². The fourth-order valence-electron chi connectivity index (χ4n) is 2.17. The number of hydrogen-bond acceptors (Lipinski definition) is 3. The molecule has 1 aromatic carbocycles. The van der Waals surface area contributed by atoms with Crippen molar-refractivity contribution >= 4 is 17.3 Å². The van der Waals surface area contributed by atoms with Crippen LogP contribution >= 0.6 is 0 Å². The molecule has 0 aliphatic carbocycles. The fourth-order valence-corrected chi connectivity index (χ4v) is 2.17. The molecule has 4 nitrogen and oxygen atoms in total. The lowest BCUT2D eigenvalue weighted by molar-refractivity contribution is -0.121. The fraction of sp³-hybridized carbons (Fsp3) is 0.533. The first kappa shape index (κ1) is 15.5. The first-order valence-electron chi connectivity index (χ1n) is 6.91. The first-order valence-corrected chi connectivity index (χ1v) is 6.91. The van der Waals surface area contributed by atoms with Crippen LogP contribution in [0.4, 0.5) is 11.4 Å². The monoisotopic (exact) mass is 263 g/mol. The van der Waals surface area contributed by atoms with E-state index in [0.717, 1.165) is 18.7 Å². The van der Waals surface area contributed by atoms with Crippen LogP contribution in [0.15, 0.2) is 24.3 Å². The van der Waals surface area contributed by atoms with Crippen molar-refractivity contribution in [3.05, 3.63) is 24.3 Å². The minimum atomic E-state index is -0.141. The Labute approximate surface area is 116 Å². The van der Waals surface area contributed by atoms with Crippen LogP contribution in [0.3, 0.4) is 0 Å². The molecule has 0 radical (unpaired) electrons. The van der Waals surface area contributed by atoms with E-state index in [9.17, 15) is 4.79 Å². The van der Waals surface area contributed by atoms with Crippen LogP contribution in [0.5, 0.6) is 0 Å². The number of nitrogens with one attached hydrogen (secondary N) is 1. The molecule has 0 saturated carbocycles. The number of benzene rings is 1. The summed E-state index contributed by atoms with van der Waals surface area (Å²) in [6, 6.07) is 7.47. The molecule has 0 bridgehead atoms. The highest BCUT2D eigenvalue weighted by Crippen LogP contribution is 2.13. The summed E-state index contributed by atoms with van der Waals surface area (Å²) in [6.45, 7) is 9.18. The second-order valence-corrected chi connectivity index (χ2v) is 4.87. The summed E-state index contributed by atoms with van der Waals surface area (Å²) in [4.78, 5) is 14.4. The van der Waals surface area contributed by atoms with Gasteiger partial charge in [0.15, 0.2) is 0 Å². The molecule has 1 rings (SSSR count). The smallest absolute Gasteiger partial charge is 0.241 e. The Kier molecular flexibility index (Phi) is 5.83. The quantitative estimate of drug-likeness (QED) is 0.776. The Hall–Kier alpha value is -1.55. The number of carbonyl (C=O) groups excluding carboxylic acids is 1. The van der Waals surface area contributed by atoms with Crippen molar-refractivity contribution in [1.29, 1.82) is 0 Å². The summed E-state index contributed by atoms with van der Waals surface area (Å²) in [6.07, 6.45) is 1.04. The zero-order chi connectivity index (χ0) is 14.4. The summed E-state index contributed by atoms with van der Waals surface area (Å²) in [5.41, 5.74) is 7.10. The second kappa shape index (κ2) is 7.14. The minimum Gasteiger partial charge on any atom is -0.399 e. The van der Waals surface area contributed by atoms with E-state index in [2.05, 4.69) is 31.0 Å². The average molecular weight is 263 g/mol. The Bertz CT molecular complexity index is 402. The molecule has 4 heteroatoms. The Morgan fingerprint density at radius 2 is 1.84 bits per heavy atom. The lowest BCUT2D eigenvalue weighted by Gasteiger charge is -2.32. The summed E-state index contributed by atoms with van der Waals surface area (Å²) < 4.78 is 0. The standard InChI is InChI=1S/C15H25N3O/c1-5-11(3)18(6-2)12(4)15(19)17-14-9-7-13(16)8-10-14/h7-12H,5-6,16H2,1-4H3,(H,17,19). The van der Waals surface area contributed by atoms with Crippen molar-refractivity contribution in [2.75, 3.05) is 17.6 Å². The van der Waals surface area contributed by atoms with E-state index in [1.807, 2.05) is 19.1 Å². The zero-order valence-corrected chi connectivity index (χ0v) is 12.3. The molecule has 2 atom stereocenters. The molecule has 2 unspecified atom stereocenters. The predicted molar refractivity (Wildman–Crippen MR) is 81.1 cm³/mol. The summed E-state index contributed by atoms with van der Waals surface area (Å²) in [7, 11) is 0. The molecule has 3 N–H and O–H groups in total. The summed E-state index contributed by atoms with van der Waals surface area (Å²) in [5, 5.41) is 2.93. The molecule has 0 saturated heterocycles. The number of likely N-dealkylation sites (N-methyl/N-ethyl adjacent to an activating group) is 1. The number of amides is 1. The lowest BCUT2D eigenvalue weighted by Crippen LogP contribution is -2.46. The van der Waals surface area contributed by atoms with Gasteiger partial charge in [0.25, 0.3) is 0 Å². The van der Waals surface area contributed by atoms with Gasteiger partial charge in [0.05, 0.1) is 6.04 Å². The maximum atomic E-state index is 12.2. The topological polar surface area (TPSA) is 58.4 Å². The number of nitrogen functional groups attached to an aromatic ring is 1. The van der Waals surface area contributed by atoms with E-state index in [1.165, 1.54) is 0 Å². The van der Waals surface area contributed by atoms with Crippen molar-refractivity contribution < 1.29 is 4.79 Å². The summed E-state index contributed by atoms with van der Waals surface area (Å²) in [5.74, 6) is 0.0203. The number of hydrogen-bond donors (Lipinski definition) is 2. The molecule has 0 heterocycles. The molecular formula is C15H25N3O. The van der Waals surface area contributed by atoms with Gasteiger partial charge in [0.1, 0.15) is 0 Å². The second-order valence-electron chi connectivity index (χ2n) is 4.87. The molecule has 0 aromatic heterocycles. The Morgan fingerprint density at radius 3 is 2.32 bits per heavy atom. The number of carbonyl (C=O) groups is 1. The number of nitrogens with two attached hydrogens (primary N) is 1. The van der Waals surface area contributed by atoms with Gasteiger partial charge >= 0.3 is 0 Å². The number of anilines is 2. The van der Waals surface area contributed by atoms with Crippen LogP contribution in [-0.4, -0.2) is 29.4 Å². The van der Waals surface area contributed by atoms with Gasteiger partial charge in [-0.3, -0.25) is 9.69 Å². The largest absolute Gasteiger partial charge is 0.399 e. The molecule has 19 heavy (non-hydrogen) atoms. The van der Waals surface area contributed by atoms with E-state index in [0.29, 0.717) is 11.7 Å².